The van der Waals surface area contributed by atoms with Crippen molar-refractivity contribution < 1.29 is 4.74 Å². The second-order valence-corrected chi connectivity index (χ2v) is 7.06. The molecule has 0 fully saturated rings. The van der Waals surface area contributed by atoms with Crippen LogP contribution in [-0.4, -0.2) is 21.9 Å². The lowest BCUT2D eigenvalue weighted by Crippen LogP contribution is -1.98. The van der Waals surface area contributed by atoms with Crippen LogP contribution in [0.2, 0.25) is 5.02 Å². The maximum absolute atomic E-state index is 6.29. The summed E-state index contributed by atoms with van der Waals surface area (Å²) in [4.78, 5) is 0. The third-order valence-electron chi connectivity index (χ3n) is 3.81. The fourth-order valence-corrected chi connectivity index (χ4v) is 3.85. The highest BCUT2D eigenvalue weighted by molar-refractivity contribution is 7.99. The Labute approximate surface area is 150 Å². The molecule has 6 heteroatoms. The average molecular weight is 360 g/mol. The third kappa shape index (κ3) is 3.28. The zero-order valence-electron chi connectivity index (χ0n) is 13.7. The molecule has 0 aliphatic heterocycles. The van der Waals surface area contributed by atoms with Gasteiger partial charge in [0.05, 0.1) is 12.7 Å². The van der Waals surface area contributed by atoms with Crippen LogP contribution < -0.4 is 4.74 Å². The first-order chi connectivity index (χ1) is 11.6. The molecule has 0 saturated carbocycles. The Kier molecular flexibility index (Phi) is 5.11. The molecular formula is C18H18ClN3OS. The lowest BCUT2D eigenvalue weighted by Gasteiger charge is -2.13. The molecule has 0 spiro atoms. The molecule has 4 nitrogen and oxygen atoms in total. The van der Waals surface area contributed by atoms with Gasteiger partial charge in [0.25, 0.3) is 0 Å². The van der Waals surface area contributed by atoms with Crippen molar-refractivity contribution in [2.75, 3.05) is 7.11 Å². The van der Waals surface area contributed by atoms with Crippen LogP contribution >= 0.6 is 23.4 Å². The van der Waals surface area contributed by atoms with Crippen LogP contribution in [0.25, 0.3) is 11.4 Å². The number of nitrogens with zero attached hydrogens (tertiary/aromatic N) is 3. The van der Waals surface area contributed by atoms with E-state index in [1.807, 2.05) is 60.1 Å². The largest absolute Gasteiger partial charge is 0.496 e. The molecule has 124 valence electrons. The third-order valence-corrected chi connectivity index (χ3v) is 5.33. The molecule has 3 aromatic rings. The molecule has 0 saturated heterocycles. The molecule has 24 heavy (non-hydrogen) atoms. The lowest BCUT2D eigenvalue weighted by atomic mass is 10.2. The first kappa shape index (κ1) is 16.9. The van der Waals surface area contributed by atoms with Crippen LogP contribution in [0.15, 0.2) is 53.7 Å². The monoisotopic (exact) mass is 359 g/mol. The summed E-state index contributed by atoms with van der Waals surface area (Å²) in [6.07, 6.45) is 0. The average Bonchev–Trinajstić information content (AvgIpc) is 2.95. The standard InChI is InChI=1S/C18H18ClN3OS/c1-12(13-8-4-6-10-15(13)19)24-18-21-20-17(22(18)2)14-9-5-7-11-16(14)23-3/h4-12H,1-3H3/t12-/m1/s1. The summed E-state index contributed by atoms with van der Waals surface area (Å²) < 4.78 is 7.41. The number of ether oxygens (including phenoxy) is 1. The van der Waals surface area contributed by atoms with Gasteiger partial charge in [-0.2, -0.15) is 0 Å². The molecule has 0 unspecified atom stereocenters. The Balaban J connectivity index is 1.89. The van der Waals surface area contributed by atoms with Gasteiger partial charge in [0.1, 0.15) is 5.75 Å². The summed E-state index contributed by atoms with van der Waals surface area (Å²) in [5.74, 6) is 1.56. The van der Waals surface area contributed by atoms with Gasteiger partial charge in [-0.25, -0.2) is 0 Å². The van der Waals surface area contributed by atoms with E-state index in [1.54, 1.807) is 18.9 Å². The fourth-order valence-electron chi connectivity index (χ4n) is 2.51. The van der Waals surface area contributed by atoms with Crippen molar-refractivity contribution in [3.63, 3.8) is 0 Å². The van der Waals surface area contributed by atoms with Gasteiger partial charge in [-0.05, 0) is 30.7 Å². The van der Waals surface area contributed by atoms with E-state index in [0.717, 1.165) is 32.9 Å². The molecule has 1 aromatic heterocycles. The van der Waals surface area contributed by atoms with Crippen LogP contribution in [0.1, 0.15) is 17.7 Å². The van der Waals surface area contributed by atoms with Gasteiger partial charge in [0.2, 0.25) is 0 Å². The minimum Gasteiger partial charge on any atom is -0.496 e. The van der Waals surface area contributed by atoms with Crippen LogP contribution in [0.4, 0.5) is 0 Å². The highest BCUT2D eigenvalue weighted by atomic mass is 35.5. The van der Waals surface area contributed by atoms with Crippen molar-refractivity contribution in [3.8, 4) is 17.1 Å². The molecule has 0 radical (unpaired) electrons. The van der Waals surface area contributed by atoms with E-state index in [0.29, 0.717) is 0 Å². The number of aromatic nitrogens is 3. The van der Waals surface area contributed by atoms with Crippen LogP contribution in [0.5, 0.6) is 5.75 Å². The quantitative estimate of drug-likeness (QED) is 0.601. The van der Waals surface area contributed by atoms with Crippen LogP contribution in [-0.2, 0) is 7.05 Å². The summed E-state index contributed by atoms with van der Waals surface area (Å²) in [5.41, 5.74) is 2.01. The van der Waals surface area contributed by atoms with E-state index >= 15 is 0 Å². The Morgan fingerprint density at radius 3 is 2.54 bits per heavy atom. The van der Waals surface area contributed by atoms with Crippen LogP contribution in [0, 0.1) is 0 Å². The Hall–Kier alpha value is -1.98. The SMILES string of the molecule is COc1ccccc1-c1nnc(S[C@H](C)c2ccccc2Cl)n1C. The van der Waals surface area contributed by atoms with E-state index in [9.17, 15) is 0 Å². The number of methoxy groups -OCH3 is 1. The molecule has 0 aliphatic rings. The second-order valence-electron chi connectivity index (χ2n) is 5.35. The molecule has 0 N–H and O–H groups in total. The van der Waals surface area contributed by atoms with Gasteiger partial charge in [-0.1, -0.05) is 53.7 Å². The van der Waals surface area contributed by atoms with Gasteiger partial charge in [-0.3, -0.25) is 0 Å². The summed E-state index contributed by atoms with van der Waals surface area (Å²) in [6.45, 7) is 2.11. The molecule has 2 aromatic carbocycles. The molecule has 0 aliphatic carbocycles. The number of benzene rings is 2. The molecular weight excluding hydrogens is 342 g/mol. The van der Waals surface area contributed by atoms with E-state index in [-0.39, 0.29) is 5.25 Å². The van der Waals surface area contributed by atoms with Gasteiger partial charge < -0.3 is 9.30 Å². The predicted molar refractivity (Wildman–Crippen MR) is 98.7 cm³/mol. The predicted octanol–water partition coefficient (Wildman–Crippen LogP) is 5.00. The van der Waals surface area contributed by atoms with Crippen molar-refractivity contribution in [2.45, 2.75) is 17.3 Å². The Morgan fingerprint density at radius 2 is 1.79 bits per heavy atom. The first-order valence-electron chi connectivity index (χ1n) is 7.55. The van der Waals surface area contributed by atoms with Crippen molar-refractivity contribution in [1.29, 1.82) is 0 Å². The number of hydrogen-bond acceptors (Lipinski definition) is 4. The topological polar surface area (TPSA) is 39.9 Å². The van der Waals surface area contributed by atoms with Crippen molar-refractivity contribution in [2.24, 2.45) is 7.05 Å². The number of para-hydroxylation sites is 1. The maximum atomic E-state index is 6.29. The maximum Gasteiger partial charge on any atom is 0.191 e. The summed E-state index contributed by atoms with van der Waals surface area (Å²) in [7, 11) is 3.62. The molecule has 0 amide bonds. The molecule has 0 bridgehead atoms. The highest BCUT2D eigenvalue weighted by Gasteiger charge is 2.18. The number of thioether (sulfide) groups is 1. The lowest BCUT2D eigenvalue weighted by molar-refractivity contribution is 0.416. The number of halogens is 1. The summed E-state index contributed by atoms with van der Waals surface area (Å²) >= 11 is 7.92. The van der Waals surface area contributed by atoms with E-state index in [2.05, 4.69) is 17.1 Å². The van der Waals surface area contributed by atoms with E-state index in [1.165, 1.54) is 0 Å². The van der Waals surface area contributed by atoms with Crippen molar-refractivity contribution >= 4 is 23.4 Å². The highest BCUT2D eigenvalue weighted by Crippen LogP contribution is 2.38. The summed E-state index contributed by atoms with van der Waals surface area (Å²) in [6, 6.07) is 15.7. The summed E-state index contributed by atoms with van der Waals surface area (Å²) in [5, 5.41) is 10.5. The first-order valence-corrected chi connectivity index (χ1v) is 8.81. The van der Waals surface area contributed by atoms with E-state index in [4.69, 9.17) is 16.3 Å². The smallest absolute Gasteiger partial charge is 0.191 e. The van der Waals surface area contributed by atoms with Gasteiger partial charge >= 0.3 is 0 Å². The van der Waals surface area contributed by atoms with Crippen molar-refractivity contribution in [1.82, 2.24) is 14.8 Å². The number of hydrogen-bond donors (Lipinski definition) is 0. The van der Waals surface area contributed by atoms with Gasteiger partial charge in [0, 0.05) is 17.3 Å². The molecule has 3 rings (SSSR count). The van der Waals surface area contributed by atoms with Crippen LogP contribution in [0.3, 0.4) is 0 Å². The minimum absolute atomic E-state index is 0.173. The fraction of sp³-hybridized carbons (Fsp3) is 0.222. The second kappa shape index (κ2) is 7.28. The van der Waals surface area contributed by atoms with Crippen molar-refractivity contribution in [3.05, 3.63) is 59.1 Å². The van der Waals surface area contributed by atoms with E-state index < -0.39 is 0 Å². The Bertz CT molecular complexity index is 850. The normalized spacial score (nSPS) is 12.2. The van der Waals surface area contributed by atoms with Gasteiger partial charge in [-0.15, -0.1) is 10.2 Å². The minimum atomic E-state index is 0.173. The number of rotatable bonds is 5. The van der Waals surface area contributed by atoms with Gasteiger partial charge in [0.15, 0.2) is 11.0 Å². The Morgan fingerprint density at radius 1 is 1.08 bits per heavy atom. The zero-order valence-corrected chi connectivity index (χ0v) is 15.3. The zero-order chi connectivity index (χ0) is 17.1. The molecule has 1 atom stereocenters. The molecule has 1 heterocycles.